The summed E-state index contributed by atoms with van der Waals surface area (Å²) < 4.78 is 5.28. The fraction of sp³-hybridized carbons (Fsp3) is 0.533. The Morgan fingerprint density at radius 1 is 1.39 bits per heavy atom. The Kier molecular flexibility index (Phi) is 3.71. The van der Waals surface area contributed by atoms with Gasteiger partial charge in [-0.05, 0) is 44.7 Å². The molecular weight excluding hydrogens is 226 g/mol. The minimum Gasteiger partial charge on any atom is -0.459 e. The number of nitrogens with one attached hydrogen (secondary N) is 1. The molecule has 0 aromatic heterocycles. The fourth-order valence-corrected chi connectivity index (χ4v) is 2.35. The number of esters is 1. The van der Waals surface area contributed by atoms with Crippen LogP contribution in [-0.4, -0.2) is 18.1 Å². The van der Waals surface area contributed by atoms with E-state index in [1.54, 1.807) is 0 Å². The number of aryl methyl sites for hydroxylation is 1. The Morgan fingerprint density at radius 3 is 2.83 bits per heavy atom. The molecule has 0 saturated carbocycles. The largest absolute Gasteiger partial charge is 0.459 e. The summed E-state index contributed by atoms with van der Waals surface area (Å²) in [6.45, 7) is 5.93. The summed E-state index contributed by atoms with van der Waals surface area (Å²) in [6.07, 6.45) is 2.14. The van der Waals surface area contributed by atoms with E-state index in [-0.39, 0.29) is 18.6 Å². The monoisotopic (exact) mass is 247 g/mol. The molecule has 0 aliphatic heterocycles. The van der Waals surface area contributed by atoms with Crippen LogP contribution in [0.15, 0.2) is 24.3 Å². The highest BCUT2D eigenvalue weighted by molar-refractivity contribution is 5.72. The smallest absolute Gasteiger partial charge is 0.320 e. The van der Waals surface area contributed by atoms with Crippen molar-refractivity contribution < 1.29 is 9.53 Å². The van der Waals surface area contributed by atoms with Crippen LogP contribution in [-0.2, 0) is 16.0 Å². The SMILES string of the molecule is CC(C)(C)OC(=O)CNC1CCc2ccccc21. The molecule has 1 aromatic rings. The number of hydrogen-bond donors (Lipinski definition) is 1. The Labute approximate surface area is 109 Å². The van der Waals surface area contributed by atoms with Crippen LogP contribution in [0, 0.1) is 0 Å². The number of benzene rings is 1. The highest BCUT2D eigenvalue weighted by atomic mass is 16.6. The van der Waals surface area contributed by atoms with Crippen molar-refractivity contribution in [3.63, 3.8) is 0 Å². The van der Waals surface area contributed by atoms with Crippen LogP contribution in [0.3, 0.4) is 0 Å². The summed E-state index contributed by atoms with van der Waals surface area (Å²) in [6, 6.07) is 8.69. The lowest BCUT2D eigenvalue weighted by Crippen LogP contribution is -2.32. The third-order valence-corrected chi connectivity index (χ3v) is 3.05. The Morgan fingerprint density at radius 2 is 2.11 bits per heavy atom. The predicted octanol–water partition coefficient (Wildman–Crippen LogP) is 2.61. The molecule has 0 fully saturated rings. The summed E-state index contributed by atoms with van der Waals surface area (Å²) in [5.74, 6) is -0.188. The molecule has 1 aliphatic carbocycles. The molecule has 3 nitrogen and oxygen atoms in total. The maximum Gasteiger partial charge on any atom is 0.320 e. The van der Waals surface area contributed by atoms with Crippen molar-refractivity contribution in [3.05, 3.63) is 35.4 Å². The van der Waals surface area contributed by atoms with Gasteiger partial charge >= 0.3 is 5.97 Å². The van der Waals surface area contributed by atoms with E-state index in [1.807, 2.05) is 26.8 Å². The van der Waals surface area contributed by atoms with Gasteiger partial charge in [0.05, 0.1) is 6.54 Å². The molecular formula is C15H21NO2. The molecule has 1 aliphatic rings. The van der Waals surface area contributed by atoms with Crippen molar-refractivity contribution in [2.24, 2.45) is 0 Å². The van der Waals surface area contributed by atoms with Gasteiger partial charge in [0.1, 0.15) is 5.60 Å². The van der Waals surface area contributed by atoms with Crippen molar-refractivity contribution >= 4 is 5.97 Å². The summed E-state index contributed by atoms with van der Waals surface area (Å²) in [7, 11) is 0. The fourth-order valence-electron chi connectivity index (χ4n) is 2.35. The molecule has 0 spiro atoms. The first-order chi connectivity index (χ1) is 8.46. The van der Waals surface area contributed by atoms with Gasteiger partial charge in [-0.15, -0.1) is 0 Å². The number of rotatable bonds is 3. The van der Waals surface area contributed by atoms with Gasteiger partial charge in [-0.25, -0.2) is 0 Å². The van der Waals surface area contributed by atoms with Crippen LogP contribution in [0.25, 0.3) is 0 Å². The van der Waals surface area contributed by atoms with Crippen LogP contribution in [0.4, 0.5) is 0 Å². The molecule has 18 heavy (non-hydrogen) atoms. The molecule has 0 heterocycles. The van der Waals surface area contributed by atoms with E-state index in [4.69, 9.17) is 4.74 Å². The molecule has 0 saturated heterocycles. The van der Waals surface area contributed by atoms with E-state index in [0.717, 1.165) is 12.8 Å². The molecule has 1 N–H and O–H groups in total. The average Bonchev–Trinajstić information content (AvgIpc) is 2.67. The molecule has 3 heteroatoms. The highest BCUT2D eigenvalue weighted by Gasteiger charge is 2.23. The molecule has 0 amide bonds. The van der Waals surface area contributed by atoms with Gasteiger partial charge in [-0.1, -0.05) is 24.3 Å². The lowest BCUT2D eigenvalue weighted by Gasteiger charge is -2.21. The van der Waals surface area contributed by atoms with Gasteiger partial charge < -0.3 is 10.1 Å². The van der Waals surface area contributed by atoms with Crippen molar-refractivity contribution in [2.75, 3.05) is 6.54 Å². The van der Waals surface area contributed by atoms with Crippen LogP contribution < -0.4 is 5.32 Å². The standard InChI is InChI=1S/C15H21NO2/c1-15(2,3)18-14(17)10-16-13-9-8-11-6-4-5-7-12(11)13/h4-7,13,16H,8-10H2,1-3H3. The maximum absolute atomic E-state index is 11.6. The van der Waals surface area contributed by atoms with Gasteiger partial charge in [0, 0.05) is 6.04 Å². The zero-order valence-corrected chi connectivity index (χ0v) is 11.3. The lowest BCUT2D eigenvalue weighted by atomic mass is 10.1. The molecule has 0 bridgehead atoms. The zero-order valence-electron chi connectivity index (χ0n) is 11.3. The predicted molar refractivity (Wildman–Crippen MR) is 71.4 cm³/mol. The first-order valence-corrected chi connectivity index (χ1v) is 6.49. The second-order valence-corrected chi connectivity index (χ2v) is 5.76. The van der Waals surface area contributed by atoms with Crippen molar-refractivity contribution in [3.8, 4) is 0 Å². The quantitative estimate of drug-likeness (QED) is 0.834. The van der Waals surface area contributed by atoms with Gasteiger partial charge in [0.2, 0.25) is 0 Å². The van der Waals surface area contributed by atoms with Crippen LogP contribution in [0.5, 0.6) is 0 Å². The van der Waals surface area contributed by atoms with Gasteiger partial charge in [-0.3, -0.25) is 4.79 Å². The summed E-state index contributed by atoms with van der Waals surface area (Å²) >= 11 is 0. The molecule has 1 atom stereocenters. The van der Waals surface area contributed by atoms with Crippen LogP contribution in [0.1, 0.15) is 44.4 Å². The van der Waals surface area contributed by atoms with E-state index >= 15 is 0 Å². The van der Waals surface area contributed by atoms with Crippen LogP contribution in [0.2, 0.25) is 0 Å². The molecule has 98 valence electrons. The normalized spacial score (nSPS) is 18.5. The average molecular weight is 247 g/mol. The third kappa shape index (κ3) is 3.33. The van der Waals surface area contributed by atoms with E-state index < -0.39 is 5.60 Å². The minimum absolute atomic E-state index is 0.188. The van der Waals surface area contributed by atoms with Gasteiger partial charge in [-0.2, -0.15) is 0 Å². The second kappa shape index (κ2) is 5.11. The van der Waals surface area contributed by atoms with Crippen molar-refractivity contribution in [1.82, 2.24) is 5.32 Å². The number of ether oxygens (including phenoxy) is 1. The first kappa shape index (κ1) is 13.1. The first-order valence-electron chi connectivity index (χ1n) is 6.49. The van der Waals surface area contributed by atoms with E-state index in [1.165, 1.54) is 11.1 Å². The molecule has 1 aromatic carbocycles. The Bertz CT molecular complexity index is 434. The zero-order chi connectivity index (χ0) is 13.2. The summed E-state index contributed by atoms with van der Waals surface area (Å²) in [5, 5.41) is 3.29. The Balaban J connectivity index is 1.87. The van der Waals surface area contributed by atoms with Crippen molar-refractivity contribution in [2.45, 2.75) is 45.3 Å². The summed E-state index contributed by atoms with van der Waals surface area (Å²) in [5.41, 5.74) is 2.30. The number of carbonyl (C=O) groups excluding carboxylic acids is 1. The number of fused-ring (bicyclic) bond motifs is 1. The van der Waals surface area contributed by atoms with Crippen LogP contribution >= 0.6 is 0 Å². The van der Waals surface area contributed by atoms with Crippen molar-refractivity contribution in [1.29, 1.82) is 0 Å². The van der Waals surface area contributed by atoms with Gasteiger partial charge in [0.25, 0.3) is 0 Å². The van der Waals surface area contributed by atoms with E-state index in [0.29, 0.717) is 0 Å². The molecule has 2 rings (SSSR count). The molecule has 1 unspecified atom stereocenters. The lowest BCUT2D eigenvalue weighted by molar-refractivity contribution is -0.153. The van der Waals surface area contributed by atoms with Gasteiger partial charge in [0.15, 0.2) is 0 Å². The van der Waals surface area contributed by atoms with E-state index in [2.05, 4.69) is 23.5 Å². The second-order valence-electron chi connectivity index (χ2n) is 5.76. The number of carbonyl (C=O) groups is 1. The highest BCUT2D eigenvalue weighted by Crippen LogP contribution is 2.30. The Hall–Kier alpha value is -1.35. The minimum atomic E-state index is -0.410. The summed E-state index contributed by atoms with van der Waals surface area (Å²) in [4.78, 5) is 11.6. The third-order valence-electron chi connectivity index (χ3n) is 3.05. The van der Waals surface area contributed by atoms with E-state index in [9.17, 15) is 4.79 Å². The number of hydrogen-bond acceptors (Lipinski definition) is 3. The molecule has 0 radical (unpaired) electrons. The maximum atomic E-state index is 11.6. The topological polar surface area (TPSA) is 38.3 Å².